The van der Waals surface area contributed by atoms with Gasteiger partial charge in [0.2, 0.25) is 0 Å². The Hall–Kier alpha value is -6.96. The molecule has 0 saturated heterocycles. The van der Waals surface area contributed by atoms with Crippen molar-refractivity contribution in [2.75, 3.05) is 26.4 Å². The number of aryl methyl sites for hydroxylation is 2. The van der Waals surface area contributed by atoms with Crippen LogP contribution in [0.3, 0.4) is 0 Å². The Morgan fingerprint density at radius 1 is 0.652 bits per heavy atom. The van der Waals surface area contributed by atoms with Crippen LogP contribution in [-0.2, 0) is 20.7 Å². The predicted octanol–water partition coefficient (Wildman–Crippen LogP) is 12.2. The van der Waals surface area contributed by atoms with Crippen LogP contribution in [0.1, 0.15) is 43.7 Å². The van der Waals surface area contributed by atoms with E-state index in [1.165, 1.54) is 79.7 Å². The van der Waals surface area contributed by atoms with Crippen LogP contribution in [0.25, 0.3) is 44.2 Å². The fourth-order valence-electron chi connectivity index (χ4n) is 7.08. The van der Waals surface area contributed by atoms with Crippen molar-refractivity contribution in [1.29, 1.82) is 0 Å². The van der Waals surface area contributed by atoms with Gasteiger partial charge in [-0.15, -0.1) is 26.3 Å². The summed E-state index contributed by atoms with van der Waals surface area (Å²) in [5.41, 5.74) is -1.84. The number of esters is 1. The summed E-state index contributed by atoms with van der Waals surface area (Å²) in [7, 11) is 0. The maximum absolute atomic E-state index is 13.6. The summed E-state index contributed by atoms with van der Waals surface area (Å²) in [5, 5.41) is 0.558. The van der Waals surface area contributed by atoms with Crippen LogP contribution in [0, 0.1) is 12.8 Å². The van der Waals surface area contributed by atoms with Crippen molar-refractivity contribution in [3.63, 3.8) is 0 Å². The van der Waals surface area contributed by atoms with Crippen molar-refractivity contribution in [2.45, 2.75) is 71.0 Å². The molecule has 368 valence electrons. The lowest BCUT2D eigenvalue weighted by molar-refractivity contribution is -0.275. The highest BCUT2D eigenvalue weighted by Crippen LogP contribution is 2.37. The number of ether oxygens (including phenoxy) is 6. The number of unbranched alkanes of at least 4 members (excludes halogenated alkanes) is 2. The van der Waals surface area contributed by atoms with E-state index >= 15 is 0 Å². The molecule has 2 aromatic heterocycles. The van der Waals surface area contributed by atoms with Gasteiger partial charge in [0.05, 0.1) is 30.8 Å². The third-order valence-electron chi connectivity index (χ3n) is 10.3. The van der Waals surface area contributed by atoms with Gasteiger partial charge in [0.25, 0.3) is 0 Å². The van der Waals surface area contributed by atoms with E-state index in [0.717, 1.165) is 31.4 Å². The van der Waals surface area contributed by atoms with E-state index in [2.05, 4.69) is 16.1 Å². The summed E-state index contributed by atoms with van der Waals surface area (Å²) < 4.78 is 163. The van der Waals surface area contributed by atoms with Gasteiger partial charge in [-0.3, -0.25) is 0 Å². The van der Waals surface area contributed by atoms with Crippen LogP contribution in [0.4, 0.5) is 39.5 Å². The standard InChI is InChI=1S/C49H43F9O11/c1-4-6-7-8-29-10-16-37(43(18-29)69-49(56,57)58)39-20-32-12-14-34(22-41(32)67-46(39)61)64-27-35(62-24-30(23-47(50,51)52)25-65-44(59)5-2)26-63-33-13-11-31-19-38(45(60)66-40(31)21-33)36-15-9-28(3)17-42(36)68-48(53,54)55/h5,9-22,30,35H,2,4,6-8,23-27H2,1,3H3. The minimum atomic E-state index is -5.06. The zero-order chi connectivity index (χ0) is 50.1. The van der Waals surface area contributed by atoms with Gasteiger partial charge in [-0.25, -0.2) is 14.4 Å². The fourth-order valence-corrected chi connectivity index (χ4v) is 7.08. The summed E-state index contributed by atoms with van der Waals surface area (Å²) in [6.07, 6.45) is -13.6. The first-order valence-corrected chi connectivity index (χ1v) is 21.2. The molecule has 0 N–H and O–H groups in total. The Morgan fingerprint density at radius 3 is 1.70 bits per heavy atom. The van der Waals surface area contributed by atoms with Crippen molar-refractivity contribution < 1.29 is 81.6 Å². The first-order valence-electron chi connectivity index (χ1n) is 21.2. The molecule has 2 atom stereocenters. The van der Waals surface area contributed by atoms with Crippen LogP contribution >= 0.6 is 0 Å². The molecule has 11 nitrogen and oxygen atoms in total. The number of carbonyl (C=O) groups excluding carboxylic acids is 1. The van der Waals surface area contributed by atoms with E-state index in [4.69, 9.17) is 27.8 Å². The van der Waals surface area contributed by atoms with E-state index in [9.17, 15) is 53.9 Å². The van der Waals surface area contributed by atoms with E-state index in [1.807, 2.05) is 6.92 Å². The van der Waals surface area contributed by atoms with E-state index in [-0.39, 0.29) is 55.7 Å². The monoisotopic (exact) mass is 978 g/mol. The molecule has 0 aliphatic heterocycles. The number of alkyl halides is 9. The maximum atomic E-state index is 13.6. The Kier molecular flexibility index (Phi) is 16.4. The zero-order valence-electron chi connectivity index (χ0n) is 36.8. The fraction of sp³-hybridized carbons (Fsp3) is 0.327. The highest BCUT2D eigenvalue weighted by atomic mass is 19.4. The lowest BCUT2D eigenvalue weighted by atomic mass is 10.00. The Morgan fingerprint density at radius 2 is 1.19 bits per heavy atom. The Balaban J connectivity index is 1.24. The number of fused-ring (bicyclic) bond motifs is 2. The van der Waals surface area contributed by atoms with Crippen molar-refractivity contribution in [1.82, 2.24) is 0 Å². The van der Waals surface area contributed by atoms with Gasteiger partial charge in [-0.2, -0.15) is 13.2 Å². The summed E-state index contributed by atoms with van der Waals surface area (Å²) in [6, 6.07) is 19.1. The second-order valence-electron chi connectivity index (χ2n) is 15.8. The first-order chi connectivity index (χ1) is 32.6. The van der Waals surface area contributed by atoms with E-state index in [0.29, 0.717) is 17.5 Å². The van der Waals surface area contributed by atoms with Gasteiger partial charge in [0.1, 0.15) is 53.5 Å². The van der Waals surface area contributed by atoms with Crippen LogP contribution in [-0.4, -0.2) is 57.4 Å². The van der Waals surface area contributed by atoms with Gasteiger partial charge in [-0.1, -0.05) is 50.6 Å². The van der Waals surface area contributed by atoms with Crippen molar-refractivity contribution in [2.24, 2.45) is 5.92 Å². The molecule has 2 heterocycles. The molecule has 6 rings (SSSR count). The average Bonchev–Trinajstić information content (AvgIpc) is 3.26. The van der Waals surface area contributed by atoms with Crippen molar-refractivity contribution in [3.05, 3.63) is 130 Å². The van der Waals surface area contributed by atoms with E-state index < -0.39 is 92.5 Å². The molecule has 6 aromatic rings. The molecule has 0 fully saturated rings. The number of benzene rings is 4. The molecule has 69 heavy (non-hydrogen) atoms. The van der Waals surface area contributed by atoms with E-state index in [1.54, 1.807) is 6.07 Å². The summed E-state index contributed by atoms with van der Waals surface area (Å²) in [6.45, 7) is 4.63. The topological polar surface area (TPSA) is 133 Å². The van der Waals surface area contributed by atoms with Gasteiger partial charge >= 0.3 is 36.1 Å². The van der Waals surface area contributed by atoms with Gasteiger partial charge < -0.3 is 37.3 Å². The van der Waals surface area contributed by atoms with Crippen LogP contribution in [0.5, 0.6) is 23.0 Å². The molecule has 0 aliphatic rings. The highest BCUT2D eigenvalue weighted by Gasteiger charge is 2.35. The number of halogens is 9. The third-order valence-corrected chi connectivity index (χ3v) is 10.3. The average molecular weight is 979 g/mol. The van der Waals surface area contributed by atoms with Gasteiger partial charge in [-0.05, 0) is 79.4 Å². The second kappa shape index (κ2) is 22.0. The molecule has 0 bridgehead atoms. The molecule has 4 aromatic carbocycles. The molecule has 2 unspecified atom stereocenters. The molecule has 0 spiro atoms. The van der Waals surface area contributed by atoms with Gasteiger partial charge in [0, 0.05) is 46.0 Å². The van der Waals surface area contributed by atoms with Crippen LogP contribution in [0.15, 0.2) is 116 Å². The Labute approximate surface area is 386 Å². The summed E-state index contributed by atoms with van der Waals surface area (Å²) in [5.74, 6) is -3.42. The van der Waals surface area contributed by atoms with Crippen LogP contribution < -0.4 is 30.2 Å². The lowest BCUT2D eigenvalue weighted by Gasteiger charge is -2.23. The zero-order valence-corrected chi connectivity index (χ0v) is 36.8. The summed E-state index contributed by atoms with van der Waals surface area (Å²) in [4.78, 5) is 38.1. The lowest BCUT2D eigenvalue weighted by Crippen LogP contribution is -2.33. The quantitative estimate of drug-likeness (QED) is 0.0224. The van der Waals surface area contributed by atoms with Crippen molar-refractivity contribution in [3.8, 4) is 45.3 Å². The number of hydrogen-bond donors (Lipinski definition) is 0. The molecular formula is C49H43F9O11. The second-order valence-corrected chi connectivity index (χ2v) is 15.8. The normalized spacial score (nSPS) is 13.0. The molecular weight excluding hydrogens is 936 g/mol. The molecule has 0 aliphatic carbocycles. The largest absolute Gasteiger partial charge is 0.573 e. The number of rotatable bonds is 21. The molecule has 0 radical (unpaired) electrons. The smallest absolute Gasteiger partial charge is 0.491 e. The minimum absolute atomic E-state index is 0.0361. The molecule has 0 amide bonds. The number of hydrogen-bond acceptors (Lipinski definition) is 11. The Bertz CT molecular complexity index is 2880. The highest BCUT2D eigenvalue weighted by molar-refractivity contribution is 5.85. The summed E-state index contributed by atoms with van der Waals surface area (Å²) >= 11 is 0. The minimum Gasteiger partial charge on any atom is -0.491 e. The van der Waals surface area contributed by atoms with Gasteiger partial charge in [0.15, 0.2) is 0 Å². The number of carbonyl (C=O) groups is 1. The molecule has 20 heteroatoms. The maximum Gasteiger partial charge on any atom is 0.573 e. The SMILES string of the molecule is C=CC(=O)OCC(COC(COc1ccc2cc(-c3ccc(C)cc3OC(F)(F)F)c(=O)oc2c1)COc1ccc2cc(-c3ccc(CCCCC)cc3OC(F)(F)F)c(=O)oc2c1)CC(F)(F)F. The molecule has 0 saturated carbocycles. The predicted molar refractivity (Wildman–Crippen MR) is 233 cm³/mol. The van der Waals surface area contributed by atoms with Crippen molar-refractivity contribution >= 4 is 27.9 Å². The van der Waals surface area contributed by atoms with Crippen LogP contribution in [0.2, 0.25) is 0 Å². The third kappa shape index (κ3) is 15.0. The first kappa shape index (κ1) is 51.4.